The lowest BCUT2D eigenvalue weighted by molar-refractivity contribution is -0.127. The number of thioether (sulfide) groups is 1. The fourth-order valence-electron chi connectivity index (χ4n) is 2.15. The number of hydrogen-bond donors (Lipinski definition) is 1. The van der Waals surface area contributed by atoms with Crippen molar-refractivity contribution in [2.75, 3.05) is 33.0 Å². The van der Waals surface area contributed by atoms with E-state index in [2.05, 4.69) is 5.32 Å². The van der Waals surface area contributed by atoms with Gasteiger partial charge < -0.3 is 15.0 Å². The standard InChI is InChI=1S/C16H22N2O3S/c1-18(2)15(19)10-17-16(20)13-7-3-4-8-14(13)22-11-12-6-5-9-21-12/h3-4,7-8,12H,5-6,9-11H2,1-2H3,(H,17,20)/t12-/m1/s1. The summed E-state index contributed by atoms with van der Waals surface area (Å²) >= 11 is 1.63. The van der Waals surface area contributed by atoms with Crippen molar-refractivity contribution in [3.63, 3.8) is 0 Å². The molecule has 1 aromatic carbocycles. The second kappa shape index (κ2) is 8.19. The van der Waals surface area contributed by atoms with Crippen molar-refractivity contribution in [2.45, 2.75) is 23.8 Å². The second-order valence-corrected chi connectivity index (χ2v) is 6.47. The smallest absolute Gasteiger partial charge is 0.252 e. The molecule has 1 fully saturated rings. The minimum atomic E-state index is -0.217. The molecule has 2 rings (SSSR count). The summed E-state index contributed by atoms with van der Waals surface area (Å²) in [5, 5.41) is 2.67. The van der Waals surface area contributed by atoms with Gasteiger partial charge in [0, 0.05) is 31.4 Å². The van der Waals surface area contributed by atoms with Crippen LogP contribution in [0.15, 0.2) is 29.2 Å². The van der Waals surface area contributed by atoms with E-state index >= 15 is 0 Å². The summed E-state index contributed by atoms with van der Waals surface area (Å²) in [4.78, 5) is 26.2. The Kier molecular flexibility index (Phi) is 6.27. The molecule has 0 aromatic heterocycles. The van der Waals surface area contributed by atoms with Crippen LogP contribution in [0.25, 0.3) is 0 Å². The van der Waals surface area contributed by atoms with E-state index in [1.807, 2.05) is 18.2 Å². The third-order valence-corrected chi connectivity index (χ3v) is 4.68. The first-order valence-electron chi connectivity index (χ1n) is 7.39. The number of hydrogen-bond acceptors (Lipinski definition) is 4. The predicted molar refractivity (Wildman–Crippen MR) is 87.2 cm³/mol. The number of benzene rings is 1. The zero-order valence-corrected chi connectivity index (χ0v) is 13.8. The van der Waals surface area contributed by atoms with Gasteiger partial charge in [-0.25, -0.2) is 0 Å². The Labute approximate surface area is 135 Å². The van der Waals surface area contributed by atoms with Crippen LogP contribution >= 0.6 is 11.8 Å². The molecule has 1 aliphatic heterocycles. The number of nitrogens with zero attached hydrogens (tertiary/aromatic N) is 1. The average Bonchev–Trinajstić information content (AvgIpc) is 3.03. The molecule has 0 saturated carbocycles. The van der Waals surface area contributed by atoms with E-state index in [1.165, 1.54) is 4.90 Å². The van der Waals surface area contributed by atoms with Gasteiger partial charge in [0.2, 0.25) is 5.91 Å². The van der Waals surface area contributed by atoms with Gasteiger partial charge in [-0.2, -0.15) is 0 Å². The highest BCUT2D eigenvalue weighted by molar-refractivity contribution is 7.99. The number of carbonyl (C=O) groups excluding carboxylic acids is 2. The van der Waals surface area contributed by atoms with Gasteiger partial charge in [0.1, 0.15) is 0 Å². The van der Waals surface area contributed by atoms with Crippen molar-refractivity contribution >= 4 is 23.6 Å². The van der Waals surface area contributed by atoms with E-state index in [-0.39, 0.29) is 24.5 Å². The van der Waals surface area contributed by atoms with E-state index in [1.54, 1.807) is 31.9 Å². The molecule has 1 aliphatic rings. The summed E-state index contributed by atoms with van der Waals surface area (Å²) < 4.78 is 5.61. The van der Waals surface area contributed by atoms with Crippen LogP contribution in [0.2, 0.25) is 0 Å². The number of carbonyl (C=O) groups is 2. The Morgan fingerprint density at radius 1 is 1.36 bits per heavy atom. The molecule has 120 valence electrons. The lowest BCUT2D eigenvalue weighted by atomic mass is 10.2. The third kappa shape index (κ3) is 4.74. The van der Waals surface area contributed by atoms with E-state index in [4.69, 9.17) is 4.74 Å². The molecule has 0 aliphatic carbocycles. The van der Waals surface area contributed by atoms with Gasteiger partial charge >= 0.3 is 0 Å². The lowest BCUT2D eigenvalue weighted by Crippen LogP contribution is -2.36. The Hall–Kier alpha value is -1.53. The highest BCUT2D eigenvalue weighted by atomic mass is 32.2. The number of rotatable bonds is 6. The molecule has 1 N–H and O–H groups in total. The largest absolute Gasteiger partial charge is 0.377 e. The highest BCUT2D eigenvalue weighted by Crippen LogP contribution is 2.26. The Morgan fingerprint density at radius 3 is 2.82 bits per heavy atom. The second-order valence-electron chi connectivity index (χ2n) is 5.41. The molecule has 0 radical (unpaired) electrons. The summed E-state index contributed by atoms with van der Waals surface area (Å²) in [6.07, 6.45) is 2.47. The van der Waals surface area contributed by atoms with E-state index in [0.29, 0.717) is 5.56 Å². The zero-order valence-electron chi connectivity index (χ0n) is 13.0. The molecule has 2 amide bonds. The monoisotopic (exact) mass is 322 g/mol. The van der Waals surface area contributed by atoms with Gasteiger partial charge in [0.15, 0.2) is 0 Å². The summed E-state index contributed by atoms with van der Waals surface area (Å²) in [5.74, 6) is 0.504. The molecule has 1 heterocycles. The zero-order chi connectivity index (χ0) is 15.9. The molecule has 1 aromatic rings. The number of likely N-dealkylation sites (N-methyl/N-ethyl adjacent to an activating group) is 1. The van der Waals surface area contributed by atoms with Crippen molar-refractivity contribution in [2.24, 2.45) is 0 Å². The van der Waals surface area contributed by atoms with Gasteiger partial charge in [-0.05, 0) is 25.0 Å². The van der Waals surface area contributed by atoms with E-state index in [0.717, 1.165) is 30.1 Å². The molecule has 0 spiro atoms. The Balaban J connectivity index is 1.94. The first-order valence-corrected chi connectivity index (χ1v) is 8.38. The van der Waals surface area contributed by atoms with Crippen molar-refractivity contribution in [1.29, 1.82) is 0 Å². The van der Waals surface area contributed by atoms with Crippen LogP contribution in [-0.2, 0) is 9.53 Å². The first-order chi connectivity index (χ1) is 10.6. The van der Waals surface area contributed by atoms with Gasteiger partial charge in [0.05, 0.1) is 18.2 Å². The first kappa shape index (κ1) is 16.8. The average molecular weight is 322 g/mol. The highest BCUT2D eigenvalue weighted by Gasteiger charge is 2.18. The molecule has 6 heteroatoms. The summed E-state index contributed by atoms with van der Waals surface area (Å²) in [6.45, 7) is 0.844. The van der Waals surface area contributed by atoms with E-state index in [9.17, 15) is 9.59 Å². The van der Waals surface area contributed by atoms with Crippen molar-refractivity contribution in [3.05, 3.63) is 29.8 Å². The van der Waals surface area contributed by atoms with E-state index < -0.39 is 0 Å². The van der Waals surface area contributed by atoms with Crippen LogP contribution in [0, 0.1) is 0 Å². The minimum absolute atomic E-state index is 0.0105. The Bertz CT molecular complexity index is 528. The minimum Gasteiger partial charge on any atom is -0.377 e. The van der Waals surface area contributed by atoms with Crippen LogP contribution in [0.4, 0.5) is 0 Å². The van der Waals surface area contributed by atoms with Crippen molar-refractivity contribution in [3.8, 4) is 0 Å². The lowest BCUT2D eigenvalue weighted by Gasteiger charge is -2.13. The third-order valence-electron chi connectivity index (χ3n) is 3.48. The molecular weight excluding hydrogens is 300 g/mol. The summed E-state index contributed by atoms with van der Waals surface area (Å²) in [7, 11) is 3.33. The fraction of sp³-hybridized carbons (Fsp3) is 0.500. The van der Waals surface area contributed by atoms with Crippen molar-refractivity contribution in [1.82, 2.24) is 10.2 Å². The topological polar surface area (TPSA) is 58.6 Å². The van der Waals surface area contributed by atoms with Gasteiger partial charge in [-0.3, -0.25) is 9.59 Å². The van der Waals surface area contributed by atoms with Crippen LogP contribution < -0.4 is 5.32 Å². The SMILES string of the molecule is CN(C)C(=O)CNC(=O)c1ccccc1SC[C@H]1CCCO1. The summed E-state index contributed by atoms with van der Waals surface area (Å²) in [5.41, 5.74) is 0.608. The predicted octanol–water partition coefficient (Wildman–Crippen LogP) is 1.78. The van der Waals surface area contributed by atoms with Gasteiger partial charge in [0.25, 0.3) is 5.91 Å². The van der Waals surface area contributed by atoms with Gasteiger partial charge in [-0.15, -0.1) is 11.8 Å². The normalized spacial score (nSPS) is 17.3. The maximum atomic E-state index is 12.3. The fourth-order valence-corrected chi connectivity index (χ4v) is 3.27. The maximum absolute atomic E-state index is 12.3. The molecule has 22 heavy (non-hydrogen) atoms. The molecule has 0 bridgehead atoms. The molecule has 0 unspecified atom stereocenters. The maximum Gasteiger partial charge on any atom is 0.252 e. The molecule has 1 atom stereocenters. The quantitative estimate of drug-likeness (QED) is 0.811. The van der Waals surface area contributed by atoms with Crippen LogP contribution in [-0.4, -0.2) is 55.8 Å². The molecular formula is C16H22N2O3S. The molecule has 5 nitrogen and oxygen atoms in total. The van der Waals surface area contributed by atoms with Gasteiger partial charge in [-0.1, -0.05) is 12.1 Å². The number of ether oxygens (including phenoxy) is 1. The number of nitrogens with one attached hydrogen (secondary N) is 1. The van der Waals surface area contributed by atoms with Crippen molar-refractivity contribution < 1.29 is 14.3 Å². The summed E-state index contributed by atoms with van der Waals surface area (Å²) in [6, 6.07) is 7.47. The van der Waals surface area contributed by atoms with Crippen LogP contribution in [0.1, 0.15) is 23.2 Å². The van der Waals surface area contributed by atoms with Crippen LogP contribution in [0.3, 0.4) is 0 Å². The van der Waals surface area contributed by atoms with Crippen LogP contribution in [0.5, 0.6) is 0 Å². The Morgan fingerprint density at radius 2 is 2.14 bits per heavy atom. The molecule has 1 saturated heterocycles. The number of amides is 2.